The summed E-state index contributed by atoms with van der Waals surface area (Å²) in [5, 5.41) is 0. The summed E-state index contributed by atoms with van der Waals surface area (Å²) in [5.41, 5.74) is 1.51. The molecule has 0 bridgehead atoms. The molecular weight excluding hydrogens is 200 g/mol. The Labute approximate surface area is 99.0 Å². The van der Waals surface area contributed by atoms with Crippen molar-refractivity contribution < 1.29 is 9.47 Å². The van der Waals surface area contributed by atoms with E-state index in [0.717, 1.165) is 13.2 Å². The van der Waals surface area contributed by atoms with Gasteiger partial charge in [-0.25, -0.2) is 0 Å². The maximum Gasteiger partial charge on any atom is 0.161 e. The van der Waals surface area contributed by atoms with Crippen LogP contribution in [0.25, 0.3) is 0 Å². The topological polar surface area (TPSA) is 18.5 Å². The summed E-state index contributed by atoms with van der Waals surface area (Å²) in [5.74, 6) is 2.31. The lowest BCUT2D eigenvalue weighted by atomic mass is 9.74. The van der Waals surface area contributed by atoms with Crippen LogP contribution < -0.4 is 0 Å². The van der Waals surface area contributed by atoms with Crippen molar-refractivity contribution in [2.45, 2.75) is 40.4 Å². The van der Waals surface area contributed by atoms with Gasteiger partial charge < -0.3 is 9.47 Å². The third kappa shape index (κ3) is 2.49. The van der Waals surface area contributed by atoms with Gasteiger partial charge in [0.2, 0.25) is 0 Å². The molecular formula is C14H24O2. The highest BCUT2D eigenvalue weighted by Crippen LogP contribution is 2.38. The number of hydrogen-bond acceptors (Lipinski definition) is 2. The van der Waals surface area contributed by atoms with Gasteiger partial charge in [0.05, 0.1) is 13.2 Å². The van der Waals surface area contributed by atoms with Crippen LogP contribution in [0.5, 0.6) is 0 Å². The molecule has 16 heavy (non-hydrogen) atoms. The Morgan fingerprint density at radius 3 is 2.31 bits per heavy atom. The van der Waals surface area contributed by atoms with Crippen LogP contribution in [0, 0.1) is 23.7 Å². The van der Waals surface area contributed by atoms with Crippen LogP contribution in [0.3, 0.4) is 0 Å². The second-order valence-corrected chi connectivity index (χ2v) is 5.77. The van der Waals surface area contributed by atoms with E-state index in [2.05, 4.69) is 33.8 Å². The van der Waals surface area contributed by atoms with E-state index < -0.39 is 0 Å². The fourth-order valence-corrected chi connectivity index (χ4v) is 3.14. The van der Waals surface area contributed by atoms with Crippen LogP contribution >= 0.6 is 0 Å². The Kier molecular flexibility index (Phi) is 3.70. The van der Waals surface area contributed by atoms with Gasteiger partial charge in [-0.05, 0) is 25.2 Å². The molecule has 0 aromatic rings. The third-order valence-electron chi connectivity index (χ3n) is 3.86. The minimum atomic E-state index is 0.0190. The molecule has 1 aliphatic heterocycles. The molecule has 0 radical (unpaired) electrons. The number of allylic oxidation sites excluding steroid dienone is 2. The minimum absolute atomic E-state index is 0.0190. The van der Waals surface area contributed by atoms with Crippen LogP contribution in [0.1, 0.15) is 34.1 Å². The van der Waals surface area contributed by atoms with Crippen LogP contribution in [0.2, 0.25) is 0 Å². The molecule has 2 heteroatoms. The predicted molar refractivity (Wildman–Crippen MR) is 65.0 cm³/mol. The van der Waals surface area contributed by atoms with Crippen molar-refractivity contribution in [3.63, 3.8) is 0 Å². The van der Waals surface area contributed by atoms with E-state index in [1.165, 1.54) is 12.0 Å². The fourth-order valence-electron chi connectivity index (χ4n) is 3.14. The van der Waals surface area contributed by atoms with Crippen LogP contribution in [0.4, 0.5) is 0 Å². The summed E-state index contributed by atoms with van der Waals surface area (Å²) < 4.78 is 11.7. The van der Waals surface area contributed by atoms with E-state index in [1.807, 2.05) is 0 Å². The molecule has 1 fully saturated rings. The van der Waals surface area contributed by atoms with E-state index in [0.29, 0.717) is 23.7 Å². The highest BCUT2D eigenvalue weighted by atomic mass is 16.7. The predicted octanol–water partition coefficient (Wildman–Crippen LogP) is 3.23. The average Bonchev–Trinajstić information content (AvgIpc) is 2.19. The maximum atomic E-state index is 5.85. The van der Waals surface area contributed by atoms with Gasteiger partial charge in [0.15, 0.2) is 6.29 Å². The Balaban J connectivity index is 2.03. The summed E-state index contributed by atoms with van der Waals surface area (Å²) in [4.78, 5) is 0. The Morgan fingerprint density at radius 1 is 1.12 bits per heavy atom. The SMILES string of the molecule is CC1=C[C@H](C)[C@@H](C2OCC(C)CO2)[C@@H](C)C1. The van der Waals surface area contributed by atoms with Crippen molar-refractivity contribution in [3.8, 4) is 0 Å². The molecule has 1 saturated heterocycles. The quantitative estimate of drug-likeness (QED) is 0.637. The number of rotatable bonds is 1. The van der Waals surface area contributed by atoms with Crippen molar-refractivity contribution >= 4 is 0 Å². The Bertz CT molecular complexity index is 264. The van der Waals surface area contributed by atoms with Gasteiger partial charge in [0.25, 0.3) is 0 Å². The van der Waals surface area contributed by atoms with Gasteiger partial charge in [0, 0.05) is 11.8 Å². The van der Waals surface area contributed by atoms with Gasteiger partial charge >= 0.3 is 0 Å². The maximum absolute atomic E-state index is 5.85. The zero-order chi connectivity index (χ0) is 11.7. The largest absolute Gasteiger partial charge is 0.352 e. The Morgan fingerprint density at radius 2 is 1.75 bits per heavy atom. The van der Waals surface area contributed by atoms with Crippen molar-refractivity contribution in [2.75, 3.05) is 13.2 Å². The molecule has 92 valence electrons. The average molecular weight is 224 g/mol. The standard InChI is InChI=1S/C14H24O2/c1-9-5-11(3)13(12(4)6-9)14-15-7-10(2)8-16-14/h5,10-14H,6-8H2,1-4H3/t10?,11-,12-,13+,14?/m0/s1. The van der Waals surface area contributed by atoms with E-state index in [-0.39, 0.29) is 6.29 Å². The monoisotopic (exact) mass is 224 g/mol. The molecule has 0 N–H and O–H groups in total. The fraction of sp³-hybridized carbons (Fsp3) is 0.857. The molecule has 0 unspecified atom stereocenters. The molecule has 1 heterocycles. The first kappa shape index (κ1) is 12.1. The molecule has 1 aliphatic carbocycles. The highest BCUT2D eigenvalue weighted by molar-refractivity contribution is 5.08. The third-order valence-corrected chi connectivity index (χ3v) is 3.86. The summed E-state index contributed by atoms with van der Waals surface area (Å²) in [6.07, 6.45) is 3.59. The zero-order valence-electron chi connectivity index (χ0n) is 10.9. The lowest BCUT2D eigenvalue weighted by Gasteiger charge is -2.40. The lowest BCUT2D eigenvalue weighted by Crippen LogP contribution is -2.42. The van der Waals surface area contributed by atoms with Crippen LogP contribution in [-0.2, 0) is 9.47 Å². The zero-order valence-corrected chi connectivity index (χ0v) is 10.9. The highest BCUT2D eigenvalue weighted by Gasteiger charge is 2.36. The second kappa shape index (κ2) is 4.89. The number of hydrogen-bond donors (Lipinski definition) is 0. The minimum Gasteiger partial charge on any atom is -0.352 e. The van der Waals surface area contributed by atoms with Crippen molar-refractivity contribution in [3.05, 3.63) is 11.6 Å². The van der Waals surface area contributed by atoms with Crippen LogP contribution in [0.15, 0.2) is 11.6 Å². The summed E-state index contributed by atoms with van der Waals surface area (Å²) >= 11 is 0. The molecule has 2 nitrogen and oxygen atoms in total. The van der Waals surface area contributed by atoms with Crippen LogP contribution in [-0.4, -0.2) is 19.5 Å². The molecule has 0 saturated carbocycles. The first-order valence-electron chi connectivity index (χ1n) is 6.48. The molecule has 0 amide bonds. The molecule has 0 spiro atoms. The normalized spacial score (nSPS) is 45.2. The molecule has 0 aromatic heterocycles. The van der Waals surface area contributed by atoms with E-state index >= 15 is 0 Å². The van der Waals surface area contributed by atoms with Gasteiger partial charge in [-0.3, -0.25) is 0 Å². The van der Waals surface area contributed by atoms with Gasteiger partial charge in [-0.15, -0.1) is 0 Å². The lowest BCUT2D eigenvalue weighted by molar-refractivity contribution is -0.235. The van der Waals surface area contributed by atoms with E-state index in [9.17, 15) is 0 Å². The summed E-state index contributed by atoms with van der Waals surface area (Å²) in [7, 11) is 0. The van der Waals surface area contributed by atoms with E-state index in [1.54, 1.807) is 0 Å². The smallest absolute Gasteiger partial charge is 0.161 e. The van der Waals surface area contributed by atoms with Gasteiger partial charge in [-0.1, -0.05) is 32.4 Å². The second-order valence-electron chi connectivity index (χ2n) is 5.77. The summed E-state index contributed by atoms with van der Waals surface area (Å²) in [6, 6.07) is 0. The first-order valence-corrected chi connectivity index (χ1v) is 6.48. The first-order chi connectivity index (χ1) is 7.58. The molecule has 3 atom stereocenters. The summed E-state index contributed by atoms with van der Waals surface area (Å²) in [6.45, 7) is 10.7. The van der Waals surface area contributed by atoms with Crippen molar-refractivity contribution in [1.82, 2.24) is 0 Å². The van der Waals surface area contributed by atoms with Crippen molar-refractivity contribution in [1.29, 1.82) is 0 Å². The van der Waals surface area contributed by atoms with Gasteiger partial charge in [0.1, 0.15) is 0 Å². The molecule has 2 rings (SSSR count). The van der Waals surface area contributed by atoms with Crippen molar-refractivity contribution in [2.24, 2.45) is 23.7 Å². The molecule has 2 aliphatic rings. The molecule has 0 aromatic carbocycles. The number of ether oxygens (including phenoxy) is 2. The van der Waals surface area contributed by atoms with Gasteiger partial charge in [-0.2, -0.15) is 0 Å². The van der Waals surface area contributed by atoms with E-state index in [4.69, 9.17) is 9.47 Å². The Hall–Kier alpha value is -0.340.